The minimum atomic E-state index is -0.567. The highest BCUT2D eigenvalue weighted by Gasteiger charge is 2.17. The van der Waals surface area contributed by atoms with Gasteiger partial charge in [-0.1, -0.05) is 24.4 Å². The number of nitrogens with two attached hydrogens (primary N) is 1. The van der Waals surface area contributed by atoms with Crippen molar-refractivity contribution in [1.82, 2.24) is 0 Å². The highest BCUT2D eigenvalue weighted by molar-refractivity contribution is 7.80. The zero-order chi connectivity index (χ0) is 12.4. The highest BCUT2D eigenvalue weighted by atomic mass is 32.1. The number of hydrogen-bond acceptors (Lipinski definition) is 4. The minimum absolute atomic E-state index is 0.141. The Morgan fingerprint density at radius 3 is 2.88 bits per heavy atom. The smallest absolute Gasteiger partial charge is 0.204 e. The molecule has 0 aliphatic rings. The van der Waals surface area contributed by atoms with Gasteiger partial charge in [0.25, 0.3) is 0 Å². The molecule has 2 aromatic rings. The summed E-state index contributed by atoms with van der Waals surface area (Å²) in [6.45, 7) is 1.81. The number of para-hydroxylation sites is 1. The standard InChI is InChI=1S/C12H13NO3S/c1-7(14)6-15-10-8-4-2-3-5-9(8)16-11(10)12(13)17/h2-5,7,14H,6H2,1H3,(H2,13,17). The van der Waals surface area contributed by atoms with Gasteiger partial charge in [0.1, 0.15) is 17.2 Å². The average molecular weight is 251 g/mol. The van der Waals surface area contributed by atoms with Crippen LogP contribution in [0.15, 0.2) is 28.7 Å². The quantitative estimate of drug-likeness (QED) is 0.811. The molecule has 90 valence electrons. The highest BCUT2D eigenvalue weighted by Crippen LogP contribution is 2.33. The van der Waals surface area contributed by atoms with E-state index in [0.29, 0.717) is 17.1 Å². The van der Waals surface area contributed by atoms with Crippen LogP contribution in [0.1, 0.15) is 12.7 Å². The van der Waals surface area contributed by atoms with Gasteiger partial charge >= 0.3 is 0 Å². The fourth-order valence-electron chi connectivity index (χ4n) is 1.53. The van der Waals surface area contributed by atoms with Gasteiger partial charge in [-0.3, -0.25) is 0 Å². The molecular formula is C12H13NO3S. The molecule has 0 saturated carbocycles. The fourth-order valence-corrected chi connectivity index (χ4v) is 1.67. The number of aliphatic hydroxyl groups excluding tert-OH is 1. The third-order valence-corrected chi connectivity index (χ3v) is 2.43. The molecule has 0 aliphatic carbocycles. The van der Waals surface area contributed by atoms with E-state index >= 15 is 0 Å². The third-order valence-electron chi connectivity index (χ3n) is 2.24. The molecule has 0 fully saturated rings. The van der Waals surface area contributed by atoms with Gasteiger partial charge in [-0.15, -0.1) is 0 Å². The van der Waals surface area contributed by atoms with Gasteiger partial charge < -0.3 is 20.0 Å². The van der Waals surface area contributed by atoms with Crippen molar-refractivity contribution in [2.24, 2.45) is 5.73 Å². The van der Waals surface area contributed by atoms with Crippen LogP contribution in [0.25, 0.3) is 11.0 Å². The van der Waals surface area contributed by atoms with Crippen molar-refractivity contribution in [3.05, 3.63) is 30.0 Å². The van der Waals surface area contributed by atoms with Gasteiger partial charge in [0.05, 0.1) is 11.5 Å². The molecule has 3 N–H and O–H groups in total. The van der Waals surface area contributed by atoms with Crippen LogP contribution < -0.4 is 10.5 Å². The van der Waals surface area contributed by atoms with Crippen LogP contribution in [0.5, 0.6) is 5.75 Å². The van der Waals surface area contributed by atoms with Gasteiger partial charge in [-0.2, -0.15) is 0 Å². The Bertz CT molecular complexity index is 548. The summed E-state index contributed by atoms with van der Waals surface area (Å²) in [5.41, 5.74) is 6.24. The van der Waals surface area contributed by atoms with E-state index in [-0.39, 0.29) is 11.6 Å². The summed E-state index contributed by atoms with van der Waals surface area (Å²) in [7, 11) is 0. The number of thiocarbonyl (C=S) groups is 1. The van der Waals surface area contributed by atoms with E-state index in [0.717, 1.165) is 5.39 Å². The lowest BCUT2D eigenvalue weighted by Gasteiger charge is -2.07. The number of furan rings is 1. The van der Waals surface area contributed by atoms with Crippen molar-refractivity contribution in [1.29, 1.82) is 0 Å². The van der Waals surface area contributed by atoms with Crippen LogP contribution in [0.3, 0.4) is 0 Å². The molecule has 1 atom stereocenters. The number of benzene rings is 1. The van der Waals surface area contributed by atoms with Crippen LogP contribution >= 0.6 is 12.2 Å². The van der Waals surface area contributed by atoms with Crippen LogP contribution in [-0.4, -0.2) is 22.8 Å². The fraction of sp³-hybridized carbons (Fsp3) is 0.250. The molecule has 1 heterocycles. The average Bonchev–Trinajstić information content (AvgIpc) is 2.65. The second-order valence-corrected chi connectivity index (χ2v) is 4.22. The molecule has 2 rings (SSSR count). The Kier molecular flexibility index (Phi) is 3.31. The van der Waals surface area contributed by atoms with Gasteiger partial charge in [0.15, 0.2) is 5.75 Å². The summed E-state index contributed by atoms with van der Waals surface area (Å²) in [4.78, 5) is 0.141. The minimum Gasteiger partial charge on any atom is -0.486 e. The van der Waals surface area contributed by atoms with Crippen molar-refractivity contribution in [3.8, 4) is 5.75 Å². The Balaban J connectivity index is 2.48. The van der Waals surface area contributed by atoms with Gasteiger partial charge in [-0.05, 0) is 19.1 Å². The van der Waals surface area contributed by atoms with E-state index in [1.165, 1.54) is 0 Å². The van der Waals surface area contributed by atoms with E-state index in [2.05, 4.69) is 0 Å². The van der Waals surface area contributed by atoms with Crippen LogP contribution in [-0.2, 0) is 0 Å². The Labute approximate surface area is 104 Å². The molecule has 0 aliphatic heterocycles. The van der Waals surface area contributed by atoms with Crippen LogP contribution in [0.2, 0.25) is 0 Å². The number of hydrogen-bond donors (Lipinski definition) is 2. The second-order valence-electron chi connectivity index (χ2n) is 3.78. The Morgan fingerprint density at radius 1 is 1.53 bits per heavy atom. The summed E-state index contributed by atoms with van der Waals surface area (Å²) in [5.74, 6) is 0.843. The van der Waals surface area contributed by atoms with E-state index in [9.17, 15) is 5.11 Å². The first-order chi connectivity index (χ1) is 8.09. The maximum absolute atomic E-state index is 9.23. The van der Waals surface area contributed by atoms with Gasteiger partial charge in [0, 0.05) is 0 Å². The number of aliphatic hydroxyl groups is 1. The Hall–Kier alpha value is -1.59. The summed E-state index contributed by atoms with van der Waals surface area (Å²) >= 11 is 4.91. The zero-order valence-electron chi connectivity index (χ0n) is 9.34. The van der Waals surface area contributed by atoms with Crippen molar-refractivity contribution >= 4 is 28.2 Å². The summed E-state index contributed by atoms with van der Waals surface area (Å²) in [6, 6.07) is 7.40. The lowest BCUT2D eigenvalue weighted by molar-refractivity contribution is 0.123. The maximum atomic E-state index is 9.23. The molecule has 1 aromatic carbocycles. The van der Waals surface area contributed by atoms with Crippen LogP contribution in [0, 0.1) is 0 Å². The molecule has 0 spiro atoms. The maximum Gasteiger partial charge on any atom is 0.204 e. The summed E-state index contributed by atoms with van der Waals surface area (Å²) in [5, 5.41) is 10.0. The predicted molar refractivity (Wildman–Crippen MR) is 69.3 cm³/mol. The molecule has 1 unspecified atom stereocenters. The van der Waals surface area contributed by atoms with Gasteiger partial charge in [-0.25, -0.2) is 0 Å². The van der Waals surface area contributed by atoms with Crippen molar-refractivity contribution in [3.63, 3.8) is 0 Å². The Morgan fingerprint density at radius 2 is 2.24 bits per heavy atom. The number of ether oxygens (including phenoxy) is 1. The molecule has 17 heavy (non-hydrogen) atoms. The van der Waals surface area contributed by atoms with Crippen LogP contribution in [0.4, 0.5) is 0 Å². The molecule has 0 bridgehead atoms. The molecule has 0 saturated heterocycles. The predicted octanol–water partition coefficient (Wildman–Crippen LogP) is 1.83. The van der Waals surface area contributed by atoms with Crippen molar-refractivity contribution in [2.75, 3.05) is 6.61 Å². The van der Waals surface area contributed by atoms with Gasteiger partial charge in [0.2, 0.25) is 5.76 Å². The van der Waals surface area contributed by atoms with Crippen molar-refractivity contribution in [2.45, 2.75) is 13.0 Å². The zero-order valence-corrected chi connectivity index (χ0v) is 10.2. The first kappa shape index (κ1) is 11.9. The van der Waals surface area contributed by atoms with E-state index in [4.69, 9.17) is 27.1 Å². The number of rotatable bonds is 4. The molecule has 4 nitrogen and oxygen atoms in total. The first-order valence-corrected chi connectivity index (χ1v) is 5.62. The van der Waals surface area contributed by atoms with E-state index in [1.54, 1.807) is 6.92 Å². The molecular weight excluding hydrogens is 238 g/mol. The lowest BCUT2D eigenvalue weighted by atomic mass is 10.2. The monoisotopic (exact) mass is 251 g/mol. The van der Waals surface area contributed by atoms with Crippen molar-refractivity contribution < 1.29 is 14.3 Å². The first-order valence-electron chi connectivity index (χ1n) is 5.21. The number of fused-ring (bicyclic) bond motifs is 1. The largest absolute Gasteiger partial charge is 0.486 e. The molecule has 5 heteroatoms. The third kappa shape index (κ3) is 2.40. The van der Waals surface area contributed by atoms with E-state index in [1.807, 2.05) is 24.3 Å². The SMILES string of the molecule is CC(O)COc1c(C(N)=S)oc2ccccc12. The molecule has 1 aromatic heterocycles. The second kappa shape index (κ2) is 4.73. The lowest BCUT2D eigenvalue weighted by Crippen LogP contribution is -2.15. The molecule has 0 radical (unpaired) electrons. The van der Waals surface area contributed by atoms with E-state index < -0.39 is 6.10 Å². The summed E-state index contributed by atoms with van der Waals surface area (Å²) in [6.07, 6.45) is -0.567. The topological polar surface area (TPSA) is 68.6 Å². The molecule has 0 amide bonds. The summed E-state index contributed by atoms with van der Waals surface area (Å²) < 4.78 is 11.0. The normalized spacial score (nSPS) is 12.6.